The summed E-state index contributed by atoms with van der Waals surface area (Å²) in [5.41, 5.74) is 13.7. The third-order valence-electron chi connectivity index (χ3n) is 7.93. The van der Waals surface area contributed by atoms with Crippen LogP contribution in [0, 0.1) is 0 Å². The number of H-pyrrole nitrogens is 2. The second-order valence-corrected chi connectivity index (χ2v) is 11.6. The fraction of sp³-hybridized carbons (Fsp3) is 0.500. The number of aromatic amines is 2. The highest BCUT2D eigenvalue weighted by atomic mass is 16.4. The number of carboxylic acid groups (broad SMARTS) is 1. The highest BCUT2D eigenvalue weighted by Crippen LogP contribution is 2.19. The first-order valence-corrected chi connectivity index (χ1v) is 16.1. The van der Waals surface area contributed by atoms with Crippen molar-refractivity contribution in [1.82, 2.24) is 36.2 Å². The molecular formula is C32H47N9O7. The molecule has 4 amide bonds. The van der Waals surface area contributed by atoms with Crippen LogP contribution in [0.15, 0.2) is 43.0 Å². The SMILES string of the molecule is CCCC[C@H](N)C(=O)N[C@H](Cc1c[nH]c2ccccc12)C(=O)N[C@@H](Cc1cnc[nH]1)C(=O)N[C@H](CO)C(=O)N[C@@H](CCCCN)C(=O)O. The van der Waals surface area contributed by atoms with Gasteiger partial charge in [0.15, 0.2) is 0 Å². The van der Waals surface area contributed by atoms with E-state index in [0.717, 1.165) is 29.3 Å². The molecule has 0 fully saturated rings. The van der Waals surface area contributed by atoms with E-state index in [9.17, 15) is 34.2 Å². The van der Waals surface area contributed by atoms with Gasteiger partial charge in [0, 0.05) is 41.8 Å². The molecule has 3 aromatic rings. The molecule has 0 saturated carbocycles. The monoisotopic (exact) mass is 669 g/mol. The van der Waals surface area contributed by atoms with Crippen LogP contribution < -0.4 is 32.7 Å². The number of aliphatic carboxylic acids is 1. The van der Waals surface area contributed by atoms with E-state index in [4.69, 9.17) is 11.5 Å². The van der Waals surface area contributed by atoms with Crippen molar-refractivity contribution in [2.24, 2.45) is 11.5 Å². The molecule has 16 heteroatoms. The highest BCUT2D eigenvalue weighted by molar-refractivity contribution is 5.96. The maximum Gasteiger partial charge on any atom is 0.326 e. The van der Waals surface area contributed by atoms with Crippen molar-refractivity contribution in [1.29, 1.82) is 0 Å². The van der Waals surface area contributed by atoms with E-state index in [-0.39, 0.29) is 19.3 Å². The van der Waals surface area contributed by atoms with Gasteiger partial charge in [0.2, 0.25) is 23.6 Å². The molecule has 0 aliphatic rings. The topological polar surface area (TPSA) is 270 Å². The van der Waals surface area contributed by atoms with Crippen LogP contribution >= 0.6 is 0 Å². The number of aliphatic hydroxyl groups excluding tert-OH is 1. The van der Waals surface area contributed by atoms with E-state index in [1.807, 2.05) is 31.2 Å². The van der Waals surface area contributed by atoms with Crippen molar-refractivity contribution >= 4 is 40.5 Å². The van der Waals surface area contributed by atoms with Crippen molar-refractivity contribution in [3.05, 3.63) is 54.2 Å². The maximum atomic E-state index is 13.9. The van der Waals surface area contributed by atoms with Crippen molar-refractivity contribution in [3.8, 4) is 0 Å². The third-order valence-corrected chi connectivity index (χ3v) is 7.93. The van der Waals surface area contributed by atoms with Crippen LogP contribution in [0.5, 0.6) is 0 Å². The number of hydrogen-bond donors (Lipinski definition) is 10. The molecule has 1 aromatic carbocycles. The number of nitrogens with one attached hydrogen (secondary N) is 6. The van der Waals surface area contributed by atoms with E-state index >= 15 is 0 Å². The number of imidazole rings is 1. The van der Waals surface area contributed by atoms with Crippen LogP contribution in [0.4, 0.5) is 0 Å². The van der Waals surface area contributed by atoms with Gasteiger partial charge in [-0.2, -0.15) is 0 Å². The van der Waals surface area contributed by atoms with Crippen molar-refractivity contribution in [2.75, 3.05) is 13.2 Å². The largest absolute Gasteiger partial charge is 0.480 e. The van der Waals surface area contributed by atoms with Gasteiger partial charge in [-0.25, -0.2) is 9.78 Å². The lowest BCUT2D eigenvalue weighted by Gasteiger charge is -2.26. The summed E-state index contributed by atoms with van der Waals surface area (Å²) in [6.07, 6.45) is 7.68. The normalized spacial score (nSPS) is 14.3. The molecule has 0 aliphatic heterocycles. The van der Waals surface area contributed by atoms with Crippen molar-refractivity contribution in [2.45, 2.75) is 88.5 Å². The number of nitrogens with zero attached hydrogens (tertiary/aromatic N) is 1. The Labute approximate surface area is 278 Å². The van der Waals surface area contributed by atoms with Gasteiger partial charge >= 0.3 is 5.97 Å². The summed E-state index contributed by atoms with van der Waals surface area (Å²) >= 11 is 0. The van der Waals surface area contributed by atoms with Gasteiger partial charge in [-0.15, -0.1) is 0 Å². The van der Waals surface area contributed by atoms with E-state index in [2.05, 4.69) is 36.2 Å². The molecule has 0 aliphatic carbocycles. The number of carbonyl (C=O) groups excluding carboxylic acids is 4. The van der Waals surface area contributed by atoms with Gasteiger partial charge in [0.05, 0.1) is 19.0 Å². The van der Waals surface area contributed by atoms with Gasteiger partial charge in [0.25, 0.3) is 0 Å². The molecule has 2 heterocycles. The molecule has 2 aromatic heterocycles. The number of fused-ring (bicyclic) bond motifs is 1. The van der Waals surface area contributed by atoms with E-state index < -0.39 is 66.4 Å². The number of unbranched alkanes of at least 4 members (excludes halogenated alkanes) is 2. The number of rotatable bonds is 21. The van der Waals surface area contributed by atoms with Crippen LogP contribution in [0.2, 0.25) is 0 Å². The number of para-hydroxylation sites is 1. The quantitative estimate of drug-likeness (QED) is 0.0640. The number of carbonyl (C=O) groups is 5. The summed E-state index contributed by atoms with van der Waals surface area (Å²) in [7, 11) is 0. The molecule has 5 atom stereocenters. The summed E-state index contributed by atoms with van der Waals surface area (Å²) < 4.78 is 0. The zero-order valence-corrected chi connectivity index (χ0v) is 27.0. The Balaban J connectivity index is 1.82. The standard InChI is InChI=1S/C32H47N9O7/c1-2-3-9-22(34)28(43)39-25(13-19-15-36-23-10-5-4-8-21(19)23)29(44)40-26(14-20-16-35-18-37-20)30(45)41-27(17-42)31(46)38-24(32(47)48)11-6-7-12-33/h4-5,8,10,15-16,18,22,24-27,36,42H,2-3,6-7,9,11-14,17,33-34H2,1H3,(H,35,37)(H,38,46)(H,39,43)(H,40,44)(H,41,45)(H,47,48)/t22-,24-,25+,26-,27+/m0/s1. The van der Waals surface area contributed by atoms with Gasteiger partial charge < -0.3 is 52.9 Å². The predicted octanol–water partition coefficient (Wildman–Crippen LogP) is -0.661. The fourth-order valence-electron chi connectivity index (χ4n) is 5.15. The minimum atomic E-state index is -1.52. The minimum Gasteiger partial charge on any atom is -0.480 e. The van der Waals surface area contributed by atoms with Crippen LogP contribution in [-0.2, 0) is 36.8 Å². The summed E-state index contributed by atoms with van der Waals surface area (Å²) in [4.78, 5) is 75.1. The lowest BCUT2D eigenvalue weighted by molar-refractivity contribution is -0.142. The molecule has 0 bridgehead atoms. The number of hydrogen-bond acceptors (Lipinski definition) is 9. The Morgan fingerprint density at radius 2 is 1.48 bits per heavy atom. The highest BCUT2D eigenvalue weighted by Gasteiger charge is 2.32. The average molecular weight is 670 g/mol. The molecule has 3 rings (SSSR count). The zero-order chi connectivity index (χ0) is 35.1. The van der Waals surface area contributed by atoms with Gasteiger partial charge in [-0.3, -0.25) is 19.2 Å². The average Bonchev–Trinajstić information content (AvgIpc) is 3.74. The van der Waals surface area contributed by atoms with Crippen molar-refractivity contribution < 1.29 is 34.2 Å². The van der Waals surface area contributed by atoms with E-state index in [1.165, 1.54) is 12.5 Å². The molecule has 0 saturated heterocycles. The Kier molecular flexibility index (Phi) is 15.0. The lowest BCUT2D eigenvalue weighted by atomic mass is 10.0. The molecule has 262 valence electrons. The molecule has 0 radical (unpaired) electrons. The third kappa shape index (κ3) is 11.2. The van der Waals surface area contributed by atoms with E-state index in [1.54, 1.807) is 6.20 Å². The summed E-state index contributed by atoms with van der Waals surface area (Å²) in [6.45, 7) is 1.49. The Morgan fingerprint density at radius 3 is 2.12 bits per heavy atom. The Hall–Kier alpha value is -4.80. The lowest BCUT2D eigenvalue weighted by Crippen LogP contribution is -2.60. The second kappa shape index (κ2) is 19.1. The zero-order valence-electron chi connectivity index (χ0n) is 27.0. The van der Waals surface area contributed by atoms with Crippen LogP contribution in [-0.4, -0.2) is 98.1 Å². The molecule has 12 N–H and O–H groups in total. The first-order valence-electron chi connectivity index (χ1n) is 16.1. The van der Waals surface area contributed by atoms with Crippen molar-refractivity contribution in [3.63, 3.8) is 0 Å². The summed E-state index contributed by atoms with van der Waals surface area (Å²) in [5.74, 6) is -4.23. The summed E-state index contributed by atoms with van der Waals surface area (Å²) in [6, 6.07) is 1.42. The first kappa shape index (κ1) is 37.7. The number of aliphatic hydroxyl groups is 1. The molecule has 0 spiro atoms. The van der Waals surface area contributed by atoms with Crippen LogP contribution in [0.3, 0.4) is 0 Å². The number of carboxylic acids is 1. The number of benzene rings is 1. The van der Waals surface area contributed by atoms with Crippen LogP contribution in [0.1, 0.15) is 56.7 Å². The molecule has 16 nitrogen and oxygen atoms in total. The second-order valence-electron chi connectivity index (χ2n) is 11.6. The number of aromatic nitrogens is 3. The van der Waals surface area contributed by atoms with Gasteiger partial charge in [-0.1, -0.05) is 38.0 Å². The minimum absolute atomic E-state index is 0.0723. The molecule has 0 unspecified atom stereocenters. The number of nitrogens with two attached hydrogens (primary N) is 2. The van der Waals surface area contributed by atoms with Gasteiger partial charge in [-0.05, 0) is 43.9 Å². The Bertz CT molecular complexity index is 1490. The molecular weight excluding hydrogens is 622 g/mol. The Morgan fingerprint density at radius 1 is 0.833 bits per heavy atom. The molecule has 48 heavy (non-hydrogen) atoms. The predicted molar refractivity (Wildman–Crippen MR) is 177 cm³/mol. The fourth-order valence-corrected chi connectivity index (χ4v) is 5.15. The van der Waals surface area contributed by atoms with Crippen LogP contribution in [0.25, 0.3) is 10.9 Å². The van der Waals surface area contributed by atoms with Gasteiger partial charge in [0.1, 0.15) is 24.2 Å². The maximum absolute atomic E-state index is 13.9. The summed E-state index contributed by atoms with van der Waals surface area (Å²) in [5, 5.41) is 30.5. The number of amides is 4. The smallest absolute Gasteiger partial charge is 0.326 e. The van der Waals surface area contributed by atoms with E-state index in [0.29, 0.717) is 31.5 Å². The first-order chi connectivity index (χ1) is 23.1.